The molecule has 3 atom stereocenters. The molecule has 1 amide bonds. The lowest BCUT2D eigenvalue weighted by Crippen LogP contribution is -2.56. The minimum absolute atomic E-state index is 0.106. The van der Waals surface area contributed by atoms with E-state index >= 15 is 0 Å². The number of carbonyl (C=O) groups is 1. The zero-order valence-electron chi connectivity index (χ0n) is 21.6. The van der Waals surface area contributed by atoms with Gasteiger partial charge >= 0.3 is 0 Å². The summed E-state index contributed by atoms with van der Waals surface area (Å²) in [6, 6.07) is 30.9. The molecular formula is C31H39N3O. The Morgan fingerprint density at radius 2 is 1.37 bits per heavy atom. The van der Waals surface area contributed by atoms with Gasteiger partial charge in [0.15, 0.2) is 0 Å². The summed E-state index contributed by atoms with van der Waals surface area (Å²) in [7, 11) is 0. The van der Waals surface area contributed by atoms with E-state index in [-0.39, 0.29) is 11.9 Å². The van der Waals surface area contributed by atoms with E-state index in [1.165, 1.54) is 16.7 Å². The topological polar surface area (TPSA) is 26.8 Å². The van der Waals surface area contributed by atoms with E-state index in [4.69, 9.17) is 0 Å². The van der Waals surface area contributed by atoms with Crippen molar-refractivity contribution in [2.75, 3.05) is 26.2 Å². The smallest absolute Gasteiger partial charge is 0.253 e. The second-order valence-corrected chi connectivity index (χ2v) is 9.72. The first kappa shape index (κ1) is 25.2. The SMILES string of the molecule is CCN(CC)C(=O)c1ccc(C(c2ccccc2)N2CC(C)N(Cc3ccccc3)CC2C)cc1. The lowest BCUT2D eigenvalue weighted by molar-refractivity contribution is 0.0195. The molecule has 0 N–H and O–H groups in total. The van der Waals surface area contributed by atoms with Gasteiger partial charge in [0.25, 0.3) is 5.91 Å². The third-order valence-corrected chi connectivity index (χ3v) is 7.36. The Kier molecular flexibility index (Phi) is 8.37. The lowest BCUT2D eigenvalue weighted by Gasteiger charge is -2.47. The van der Waals surface area contributed by atoms with Crippen LogP contribution in [0.25, 0.3) is 0 Å². The molecule has 3 aromatic carbocycles. The van der Waals surface area contributed by atoms with Crippen molar-refractivity contribution in [2.24, 2.45) is 0 Å². The number of benzene rings is 3. The molecule has 1 fully saturated rings. The Morgan fingerprint density at radius 3 is 1.97 bits per heavy atom. The molecule has 0 saturated carbocycles. The molecule has 0 aromatic heterocycles. The standard InChI is InChI=1S/C31H39N3O/c1-5-32(6-2)31(35)29-19-17-28(18-20-29)30(27-15-11-8-12-16-27)34-22-24(3)33(21-25(34)4)23-26-13-9-7-10-14-26/h7-20,24-25,30H,5-6,21-23H2,1-4H3. The van der Waals surface area contributed by atoms with Crippen molar-refractivity contribution in [1.82, 2.24) is 14.7 Å². The number of carbonyl (C=O) groups excluding carboxylic acids is 1. The van der Waals surface area contributed by atoms with Crippen LogP contribution in [0.1, 0.15) is 60.8 Å². The molecule has 1 aliphatic rings. The Morgan fingerprint density at radius 1 is 0.800 bits per heavy atom. The maximum atomic E-state index is 12.9. The van der Waals surface area contributed by atoms with Gasteiger partial charge in [-0.25, -0.2) is 0 Å². The first-order valence-corrected chi connectivity index (χ1v) is 13.0. The largest absolute Gasteiger partial charge is 0.339 e. The third-order valence-electron chi connectivity index (χ3n) is 7.36. The molecule has 4 rings (SSSR count). The van der Waals surface area contributed by atoms with Crippen LogP contribution in [0.3, 0.4) is 0 Å². The third kappa shape index (κ3) is 5.83. The van der Waals surface area contributed by atoms with Crippen molar-refractivity contribution in [2.45, 2.75) is 52.4 Å². The molecule has 3 aromatic rings. The average Bonchev–Trinajstić information content (AvgIpc) is 2.89. The van der Waals surface area contributed by atoms with Crippen LogP contribution >= 0.6 is 0 Å². The van der Waals surface area contributed by atoms with Crippen LogP contribution in [0.2, 0.25) is 0 Å². The summed E-state index contributed by atoms with van der Waals surface area (Å²) in [6.45, 7) is 13.2. The van der Waals surface area contributed by atoms with Crippen molar-refractivity contribution in [3.63, 3.8) is 0 Å². The van der Waals surface area contributed by atoms with Crippen molar-refractivity contribution in [1.29, 1.82) is 0 Å². The molecule has 3 unspecified atom stereocenters. The highest BCUT2D eigenvalue weighted by Gasteiger charge is 2.34. The number of amides is 1. The van der Waals surface area contributed by atoms with Gasteiger partial charge < -0.3 is 4.90 Å². The number of rotatable bonds is 8. The first-order chi connectivity index (χ1) is 17.0. The molecule has 0 radical (unpaired) electrons. The second-order valence-electron chi connectivity index (χ2n) is 9.72. The van der Waals surface area contributed by atoms with E-state index in [0.717, 1.165) is 38.3 Å². The lowest BCUT2D eigenvalue weighted by atomic mass is 9.92. The molecule has 1 aliphatic heterocycles. The monoisotopic (exact) mass is 469 g/mol. The van der Waals surface area contributed by atoms with Gasteiger partial charge in [-0.1, -0.05) is 72.8 Å². The van der Waals surface area contributed by atoms with E-state index in [2.05, 4.69) is 96.4 Å². The number of hydrogen-bond donors (Lipinski definition) is 0. The van der Waals surface area contributed by atoms with Crippen LogP contribution < -0.4 is 0 Å². The molecule has 1 heterocycles. The summed E-state index contributed by atoms with van der Waals surface area (Å²) in [4.78, 5) is 20.0. The van der Waals surface area contributed by atoms with E-state index in [0.29, 0.717) is 12.1 Å². The summed E-state index contributed by atoms with van der Waals surface area (Å²) in [5, 5.41) is 0. The normalized spacial score (nSPS) is 19.9. The Balaban J connectivity index is 1.59. The van der Waals surface area contributed by atoms with Crippen LogP contribution in [0.5, 0.6) is 0 Å². The highest BCUT2D eigenvalue weighted by atomic mass is 16.2. The molecule has 0 bridgehead atoms. The van der Waals surface area contributed by atoms with Crippen LogP contribution in [0.15, 0.2) is 84.9 Å². The van der Waals surface area contributed by atoms with Gasteiger partial charge in [0.05, 0.1) is 6.04 Å². The number of piperazine rings is 1. The van der Waals surface area contributed by atoms with Gasteiger partial charge in [0.2, 0.25) is 0 Å². The Hall–Kier alpha value is -2.95. The minimum atomic E-state index is 0.106. The van der Waals surface area contributed by atoms with Gasteiger partial charge in [-0.05, 0) is 56.5 Å². The quantitative estimate of drug-likeness (QED) is 0.414. The van der Waals surface area contributed by atoms with Crippen LogP contribution in [-0.2, 0) is 6.54 Å². The van der Waals surface area contributed by atoms with Crippen LogP contribution in [0.4, 0.5) is 0 Å². The molecule has 4 nitrogen and oxygen atoms in total. The van der Waals surface area contributed by atoms with Gasteiger partial charge in [-0.15, -0.1) is 0 Å². The molecule has 1 saturated heterocycles. The van der Waals surface area contributed by atoms with Gasteiger partial charge in [-0.3, -0.25) is 14.6 Å². The second kappa shape index (κ2) is 11.7. The van der Waals surface area contributed by atoms with E-state index in [1.807, 2.05) is 30.9 Å². The van der Waals surface area contributed by atoms with E-state index in [9.17, 15) is 4.79 Å². The molecule has 0 spiro atoms. The highest BCUT2D eigenvalue weighted by molar-refractivity contribution is 5.94. The maximum Gasteiger partial charge on any atom is 0.253 e. The predicted molar refractivity (Wildman–Crippen MR) is 144 cm³/mol. The molecule has 4 heteroatoms. The Bertz CT molecular complexity index is 1060. The molecule has 0 aliphatic carbocycles. The Labute approximate surface area is 211 Å². The molecular weight excluding hydrogens is 430 g/mol. The summed E-state index contributed by atoms with van der Waals surface area (Å²) in [5.74, 6) is 0.106. The maximum absolute atomic E-state index is 12.9. The van der Waals surface area contributed by atoms with Crippen LogP contribution in [-0.4, -0.2) is 58.9 Å². The summed E-state index contributed by atoms with van der Waals surface area (Å²) in [5.41, 5.74) is 4.67. The molecule has 35 heavy (non-hydrogen) atoms. The highest BCUT2D eigenvalue weighted by Crippen LogP contribution is 2.33. The zero-order valence-corrected chi connectivity index (χ0v) is 21.6. The summed E-state index contributed by atoms with van der Waals surface area (Å²) < 4.78 is 0. The fourth-order valence-corrected chi connectivity index (χ4v) is 5.34. The van der Waals surface area contributed by atoms with Crippen LogP contribution in [0, 0.1) is 0 Å². The fourth-order valence-electron chi connectivity index (χ4n) is 5.34. The number of nitrogens with zero attached hydrogens (tertiary/aromatic N) is 3. The average molecular weight is 470 g/mol. The zero-order chi connectivity index (χ0) is 24.8. The number of hydrogen-bond acceptors (Lipinski definition) is 3. The fraction of sp³-hybridized carbons (Fsp3) is 0.387. The summed E-state index contributed by atoms with van der Waals surface area (Å²) in [6.07, 6.45) is 0. The minimum Gasteiger partial charge on any atom is -0.339 e. The van der Waals surface area contributed by atoms with E-state index < -0.39 is 0 Å². The van der Waals surface area contributed by atoms with Crippen molar-refractivity contribution < 1.29 is 4.79 Å². The first-order valence-electron chi connectivity index (χ1n) is 13.0. The van der Waals surface area contributed by atoms with Gasteiger partial charge in [0, 0.05) is 50.4 Å². The van der Waals surface area contributed by atoms with Crippen molar-refractivity contribution >= 4 is 5.91 Å². The summed E-state index contributed by atoms with van der Waals surface area (Å²) >= 11 is 0. The van der Waals surface area contributed by atoms with Crippen molar-refractivity contribution in [3.05, 3.63) is 107 Å². The molecule has 184 valence electrons. The van der Waals surface area contributed by atoms with Gasteiger partial charge in [-0.2, -0.15) is 0 Å². The van der Waals surface area contributed by atoms with Crippen molar-refractivity contribution in [3.8, 4) is 0 Å². The van der Waals surface area contributed by atoms with E-state index in [1.54, 1.807) is 0 Å². The van der Waals surface area contributed by atoms with Gasteiger partial charge in [0.1, 0.15) is 0 Å². The predicted octanol–water partition coefficient (Wildman–Crippen LogP) is 5.85.